The standard InChI is InChI=1S/C25H22N2O5/c1-30-20-11-5-17(6-12-20)24-26-21(14-16-4-13-22(31-2)23(15-16)32-3)25(29)27(24)18-7-9-19(28)10-8-18/h4-15,28H,1-3H3. The van der Waals surface area contributed by atoms with Crippen molar-refractivity contribution in [3.63, 3.8) is 0 Å². The quantitative estimate of drug-likeness (QED) is 0.592. The first-order valence-electron chi connectivity index (χ1n) is 9.84. The smallest absolute Gasteiger partial charge is 0.282 e. The van der Waals surface area contributed by atoms with Crippen molar-refractivity contribution >= 4 is 23.5 Å². The summed E-state index contributed by atoms with van der Waals surface area (Å²) in [6, 6.07) is 19.1. The zero-order valence-electron chi connectivity index (χ0n) is 17.9. The number of aliphatic imine (C=N–C) groups is 1. The van der Waals surface area contributed by atoms with Crippen LogP contribution in [-0.4, -0.2) is 38.2 Å². The van der Waals surface area contributed by atoms with E-state index < -0.39 is 0 Å². The number of hydrogen-bond acceptors (Lipinski definition) is 6. The van der Waals surface area contributed by atoms with E-state index in [0.717, 1.165) is 11.1 Å². The maximum Gasteiger partial charge on any atom is 0.282 e. The molecule has 0 aliphatic carbocycles. The number of benzene rings is 3. The van der Waals surface area contributed by atoms with Gasteiger partial charge in [0, 0.05) is 5.56 Å². The first-order chi connectivity index (χ1) is 15.5. The molecule has 1 aliphatic heterocycles. The van der Waals surface area contributed by atoms with Crippen LogP contribution in [0.1, 0.15) is 11.1 Å². The molecular weight excluding hydrogens is 408 g/mol. The Morgan fingerprint density at radius 2 is 1.53 bits per heavy atom. The van der Waals surface area contributed by atoms with Crippen LogP contribution in [0.2, 0.25) is 0 Å². The number of phenolic OH excluding ortho intramolecular Hbond substituents is 1. The van der Waals surface area contributed by atoms with Gasteiger partial charge in [0.2, 0.25) is 0 Å². The zero-order valence-corrected chi connectivity index (χ0v) is 17.9. The van der Waals surface area contributed by atoms with Crippen molar-refractivity contribution in [1.82, 2.24) is 0 Å². The third kappa shape index (κ3) is 4.00. The van der Waals surface area contributed by atoms with Crippen LogP contribution in [0.25, 0.3) is 6.08 Å². The van der Waals surface area contributed by atoms with Gasteiger partial charge in [0.15, 0.2) is 11.5 Å². The maximum absolute atomic E-state index is 13.4. The summed E-state index contributed by atoms with van der Waals surface area (Å²) in [6.45, 7) is 0. The fourth-order valence-corrected chi connectivity index (χ4v) is 3.39. The molecule has 4 rings (SSSR count). The summed E-state index contributed by atoms with van der Waals surface area (Å²) < 4.78 is 15.9. The summed E-state index contributed by atoms with van der Waals surface area (Å²) in [4.78, 5) is 19.5. The highest BCUT2D eigenvalue weighted by Gasteiger charge is 2.32. The molecule has 0 unspecified atom stereocenters. The van der Waals surface area contributed by atoms with Crippen LogP contribution in [0.3, 0.4) is 0 Å². The van der Waals surface area contributed by atoms with Gasteiger partial charge in [0.1, 0.15) is 23.0 Å². The molecule has 1 N–H and O–H groups in total. The second-order valence-corrected chi connectivity index (χ2v) is 6.96. The Labute approximate surface area is 185 Å². The van der Waals surface area contributed by atoms with Crippen molar-refractivity contribution in [2.75, 3.05) is 26.2 Å². The lowest BCUT2D eigenvalue weighted by Crippen LogP contribution is -2.32. The molecule has 0 fully saturated rings. The lowest BCUT2D eigenvalue weighted by molar-refractivity contribution is -0.113. The molecule has 1 amide bonds. The molecule has 0 atom stereocenters. The highest BCUT2D eigenvalue weighted by atomic mass is 16.5. The zero-order chi connectivity index (χ0) is 22.7. The summed E-state index contributed by atoms with van der Waals surface area (Å²) in [5.41, 5.74) is 2.37. The molecule has 1 aliphatic rings. The van der Waals surface area contributed by atoms with Crippen LogP contribution in [0.15, 0.2) is 77.4 Å². The van der Waals surface area contributed by atoms with Crippen LogP contribution < -0.4 is 19.1 Å². The predicted octanol–water partition coefficient (Wildman–Crippen LogP) is 4.25. The third-order valence-corrected chi connectivity index (χ3v) is 5.03. The molecule has 7 heteroatoms. The molecule has 0 saturated carbocycles. The summed E-state index contributed by atoms with van der Waals surface area (Å²) in [5.74, 6) is 2.18. The first kappa shape index (κ1) is 21.0. The number of rotatable bonds is 6. The predicted molar refractivity (Wildman–Crippen MR) is 123 cm³/mol. The van der Waals surface area contributed by atoms with E-state index in [2.05, 4.69) is 4.99 Å². The fraction of sp³-hybridized carbons (Fsp3) is 0.120. The Bertz CT molecular complexity index is 1200. The topological polar surface area (TPSA) is 80.6 Å². The van der Waals surface area contributed by atoms with E-state index in [9.17, 15) is 9.90 Å². The van der Waals surface area contributed by atoms with E-state index in [-0.39, 0.29) is 17.4 Å². The largest absolute Gasteiger partial charge is 0.508 e. The van der Waals surface area contributed by atoms with Gasteiger partial charge in [0.25, 0.3) is 5.91 Å². The SMILES string of the molecule is COc1ccc(C2=NC(=Cc3ccc(OC)c(OC)c3)C(=O)N2c2ccc(O)cc2)cc1. The summed E-state index contributed by atoms with van der Waals surface area (Å²) in [7, 11) is 4.72. The average molecular weight is 430 g/mol. The highest BCUT2D eigenvalue weighted by molar-refractivity contribution is 6.33. The van der Waals surface area contributed by atoms with Crippen molar-refractivity contribution in [3.05, 3.63) is 83.6 Å². The maximum atomic E-state index is 13.4. The number of amides is 1. The number of anilines is 1. The van der Waals surface area contributed by atoms with Gasteiger partial charge in [-0.25, -0.2) is 4.99 Å². The van der Waals surface area contributed by atoms with Gasteiger partial charge >= 0.3 is 0 Å². The molecule has 7 nitrogen and oxygen atoms in total. The number of carbonyl (C=O) groups excluding carboxylic acids is 1. The van der Waals surface area contributed by atoms with E-state index in [4.69, 9.17) is 14.2 Å². The van der Waals surface area contributed by atoms with Crippen molar-refractivity contribution < 1.29 is 24.1 Å². The minimum absolute atomic E-state index is 0.115. The van der Waals surface area contributed by atoms with Gasteiger partial charge in [-0.2, -0.15) is 0 Å². The van der Waals surface area contributed by atoms with Crippen LogP contribution in [0.5, 0.6) is 23.0 Å². The van der Waals surface area contributed by atoms with Gasteiger partial charge < -0.3 is 19.3 Å². The average Bonchev–Trinajstić information content (AvgIpc) is 3.15. The number of nitrogens with zero attached hydrogens (tertiary/aromatic N) is 2. The van der Waals surface area contributed by atoms with Crippen molar-refractivity contribution in [2.24, 2.45) is 4.99 Å². The Kier molecular flexibility index (Phi) is 5.81. The molecule has 0 aromatic heterocycles. The number of methoxy groups -OCH3 is 3. The molecular formula is C25H22N2O5. The molecule has 32 heavy (non-hydrogen) atoms. The summed E-state index contributed by atoms with van der Waals surface area (Å²) >= 11 is 0. The normalized spacial score (nSPS) is 14.5. The highest BCUT2D eigenvalue weighted by Crippen LogP contribution is 2.32. The van der Waals surface area contributed by atoms with Gasteiger partial charge in [0.05, 0.1) is 27.0 Å². The van der Waals surface area contributed by atoms with Crippen LogP contribution in [0.4, 0.5) is 5.69 Å². The lowest BCUT2D eigenvalue weighted by Gasteiger charge is -2.18. The number of aromatic hydroxyl groups is 1. The Balaban J connectivity index is 1.79. The molecule has 162 valence electrons. The molecule has 0 bridgehead atoms. The van der Waals surface area contributed by atoms with Crippen molar-refractivity contribution in [1.29, 1.82) is 0 Å². The second-order valence-electron chi connectivity index (χ2n) is 6.96. The van der Waals surface area contributed by atoms with E-state index in [0.29, 0.717) is 28.8 Å². The van der Waals surface area contributed by atoms with Crippen LogP contribution >= 0.6 is 0 Å². The molecule has 0 spiro atoms. The van der Waals surface area contributed by atoms with Gasteiger partial charge in [-0.15, -0.1) is 0 Å². The number of amidine groups is 1. The lowest BCUT2D eigenvalue weighted by atomic mass is 10.1. The summed E-state index contributed by atoms with van der Waals surface area (Å²) in [5, 5.41) is 9.66. The number of carbonyl (C=O) groups is 1. The first-order valence-corrected chi connectivity index (χ1v) is 9.84. The van der Waals surface area contributed by atoms with E-state index in [1.165, 1.54) is 17.0 Å². The Hall–Kier alpha value is -4.26. The van der Waals surface area contributed by atoms with Crippen LogP contribution in [0, 0.1) is 0 Å². The van der Waals surface area contributed by atoms with Gasteiger partial charge in [-0.1, -0.05) is 6.07 Å². The molecule has 3 aromatic rings. The molecule has 3 aromatic carbocycles. The molecule has 0 radical (unpaired) electrons. The second kappa shape index (κ2) is 8.85. The van der Waals surface area contributed by atoms with Crippen molar-refractivity contribution in [2.45, 2.75) is 0 Å². The van der Waals surface area contributed by atoms with Crippen molar-refractivity contribution in [3.8, 4) is 23.0 Å². The number of hydrogen-bond donors (Lipinski definition) is 1. The Morgan fingerprint density at radius 3 is 2.16 bits per heavy atom. The van der Waals surface area contributed by atoms with E-state index in [1.807, 2.05) is 30.3 Å². The van der Waals surface area contributed by atoms with Gasteiger partial charge in [-0.05, 0) is 72.3 Å². The van der Waals surface area contributed by atoms with Gasteiger partial charge in [-0.3, -0.25) is 9.69 Å². The monoisotopic (exact) mass is 430 g/mol. The fourth-order valence-electron chi connectivity index (χ4n) is 3.39. The molecule has 0 saturated heterocycles. The number of ether oxygens (including phenoxy) is 3. The van der Waals surface area contributed by atoms with E-state index >= 15 is 0 Å². The summed E-state index contributed by atoms with van der Waals surface area (Å²) in [6.07, 6.45) is 1.70. The minimum atomic E-state index is -0.281. The van der Waals surface area contributed by atoms with Crippen LogP contribution in [-0.2, 0) is 4.79 Å². The molecule has 1 heterocycles. The third-order valence-electron chi connectivity index (χ3n) is 5.03. The minimum Gasteiger partial charge on any atom is -0.508 e. The Morgan fingerprint density at radius 1 is 0.844 bits per heavy atom. The number of phenols is 1. The van der Waals surface area contributed by atoms with E-state index in [1.54, 1.807) is 51.7 Å².